The maximum Gasteiger partial charge on any atom is 0.145 e. The van der Waals surface area contributed by atoms with Gasteiger partial charge in [0.15, 0.2) is 0 Å². The summed E-state index contributed by atoms with van der Waals surface area (Å²) in [6.45, 7) is 0. The average Bonchev–Trinajstić information content (AvgIpc) is 1.79. The topological polar surface area (TPSA) is 93.6 Å². The van der Waals surface area contributed by atoms with Crippen LogP contribution < -0.4 is 0 Å². The average molecular weight is 1120 g/mol. The van der Waals surface area contributed by atoms with Crippen molar-refractivity contribution >= 4 is 131 Å². The van der Waals surface area contributed by atoms with Gasteiger partial charge in [0.2, 0.25) is 0 Å². The fourth-order valence-electron chi connectivity index (χ4n) is 14.6. The molecule has 8 heteroatoms. The van der Waals surface area contributed by atoms with E-state index in [1.165, 1.54) is 10.8 Å². The minimum Gasteiger partial charge on any atom is -0.455 e. The summed E-state index contributed by atoms with van der Waals surface area (Å²) in [7, 11) is 0. The summed E-state index contributed by atoms with van der Waals surface area (Å²) >= 11 is 0. The molecular formula is C80H44N6O2. The number of nitriles is 2. The van der Waals surface area contributed by atoms with Crippen LogP contribution in [0.1, 0.15) is 11.1 Å². The Kier molecular flexibility index (Phi) is 9.87. The largest absolute Gasteiger partial charge is 0.455 e. The Morgan fingerprint density at radius 1 is 0.250 bits per heavy atom. The Hall–Kier alpha value is -12.4. The highest BCUT2D eigenvalue weighted by molar-refractivity contribution is 6.26. The van der Waals surface area contributed by atoms with E-state index >= 15 is 0 Å². The maximum absolute atomic E-state index is 11.6. The summed E-state index contributed by atoms with van der Waals surface area (Å²) < 4.78 is 22.7. The van der Waals surface area contributed by atoms with E-state index in [0.717, 1.165) is 154 Å². The van der Waals surface area contributed by atoms with Crippen LogP contribution in [0.4, 0.5) is 0 Å². The highest BCUT2D eigenvalue weighted by Gasteiger charge is 2.26. The van der Waals surface area contributed by atoms with Crippen LogP contribution in [0, 0.1) is 22.7 Å². The van der Waals surface area contributed by atoms with Gasteiger partial charge >= 0.3 is 0 Å². The molecule has 0 unspecified atom stereocenters. The first-order valence-electron chi connectivity index (χ1n) is 29.5. The van der Waals surface area contributed by atoms with Gasteiger partial charge in [-0.15, -0.1) is 0 Å². The van der Waals surface area contributed by atoms with Crippen LogP contribution in [0.15, 0.2) is 276 Å². The molecule has 0 aliphatic rings. The molecule has 88 heavy (non-hydrogen) atoms. The van der Waals surface area contributed by atoms with Gasteiger partial charge in [-0.25, -0.2) is 0 Å². The van der Waals surface area contributed by atoms with Gasteiger partial charge in [0.05, 0.1) is 77.4 Å². The molecule has 19 aromatic rings. The lowest BCUT2D eigenvalue weighted by molar-refractivity contribution is 0.672. The molecule has 0 aliphatic carbocycles. The second kappa shape index (κ2) is 18.1. The molecule has 6 heterocycles. The molecular weight excluding hydrogens is 1080 g/mol. The molecule has 0 N–H and O–H groups in total. The zero-order valence-corrected chi connectivity index (χ0v) is 46.9. The van der Waals surface area contributed by atoms with E-state index < -0.39 is 0 Å². The summed E-state index contributed by atoms with van der Waals surface area (Å²) in [5, 5.41) is 35.6. The lowest BCUT2D eigenvalue weighted by atomic mass is 10.00. The van der Waals surface area contributed by atoms with Crippen molar-refractivity contribution < 1.29 is 8.83 Å². The SMILES string of the molecule is N#Cc1cc(-n2c3ccc(-c4ccc5c(c4)c4ccccc4n5-c4ccccc4)cc3c3c4oc5ccccc5c4ccc32)c(C#N)cc1-n1c2ccc(-c3ccc4c(c3)c3ccccc3n4-c3ccccc3)cc2c2c3oc4ccccc4c3ccc21. The van der Waals surface area contributed by atoms with Crippen LogP contribution in [0.25, 0.3) is 176 Å². The number of fused-ring (bicyclic) bond motifs is 20. The van der Waals surface area contributed by atoms with Crippen molar-refractivity contribution in [3.05, 3.63) is 278 Å². The molecule has 0 bridgehead atoms. The number of nitrogens with zero attached hydrogens (tertiary/aromatic N) is 6. The molecule has 406 valence electrons. The standard InChI is InChI=1S/C80H44N6O2/c81-45-51-44-74(86-70-36-30-50(42-64(70)78-72(86)38-32-60-58-22-10-14-26-76(58)88-80(60)78)48-28-34-68-62(40-48)56-20-8-12-24-66(56)84(68)54-17-5-2-6-18-54)52(46-82)43-73(51)85-69-35-29-49(41-63(69)77-71(85)37-31-59-57-21-9-13-25-75(57)87-79(59)77)47-27-33-67-61(39-47)55-19-7-11-23-65(55)83(67)53-15-3-1-4-16-53/h1-44H. The van der Waals surface area contributed by atoms with Crippen molar-refractivity contribution in [2.24, 2.45) is 0 Å². The molecule has 13 aromatic carbocycles. The van der Waals surface area contributed by atoms with Crippen molar-refractivity contribution in [3.63, 3.8) is 0 Å². The summed E-state index contributed by atoms with van der Waals surface area (Å²) in [5.41, 5.74) is 19.6. The predicted octanol–water partition coefficient (Wildman–Crippen LogP) is 21.0. The van der Waals surface area contributed by atoms with Crippen molar-refractivity contribution in [1.29, 1.82) is 10.5 Å². The third-order valence-electron chi connectivity index (χ3n) is 18.4. The minimum atomic E-state index is 0.404. The quantitative estimate of drug-likeness (QED) is 0.166. The minimum absolute atomic E-state index is 0.404. The third-order valence-corrected chi connectivity index (χ3v) is 18.4. The molecule has 0 aliphatic heterocycles. The van der Waals surface area contributed by atoms with Crippen molar-refractivity contribution in [1.82, 2.24) is 18.3 Å². The van der Waals surface area contributed by atoms with E-state index in [0.29, 0.717) is 22.5 Å². The molecule has 6 aromatic heterocycles. The van der Waals surface area contributed by atoms with Gasteiger partial charge in [0.1, 0.15) is 34.5 Å². The Morgan fingerprint density at radius 2 is 0.580 bits per heavy atom. The van der Waals surface area contributed by atoms with Gasteiger partial charge in [-0.3, -0.25) is 0 Å². The zero-order chi connectivity index (χ0) is 57.9. The molecule has 8 nitrogen and oxygen atoms in total. The molecule has 19 rings (SSSR count). The monoisotopic (exact) mass is 1120 g/mol. The van der Waals surface area contributed by atoms with E-state index in [1.54, 1.807) is 0 Å². The van der Waals surface area contributed by atoms with Gasteiger partial charge in [0.25, 0.3) is 0 Å². The molecule has 0 spiro atoms. The van der Waals surface area contributed by atoms with Gasteiger partial charge in [-0.05, 0) is 156 Å². The second-order valence-corrected chi connectivity index (χ2v) is 23.0. The van der Waals surface area contributed by atoms with Gasteiger partial charge in [-0.1, -0.05) is 133 Å². The maximum atomic E-state index is 11.6. The smallest absolute Gasteiger partial charge is 0.145 e. The first-order valence-corrected chi connectivity index (χ1v) is 29.5. The first-order chi connectivity index (χ1) is 43.6. The molecule has 0 fully saturated rings. The van der Waals surface area contributed by atoms with Crippen molar-refractivity contribution in [3.8, 4) is 57.1 Å². The van der Waals surface area contributed by atoms with E-state index in [1.807, 2.05) is 48.5 Å². The predicted molar refractivity (Wildman–Crippen MR) is 359 cm³/mol. The van der Waals surface area contributed by atoms with Crippen LogP contribution in [-0.4, -0.2) is 18.3 Å². The third kappa shape index (κ3) is 6.65. The second-order valence-electron chi connectivity index (χ2n) is 23.0. The van der Waals surface area contributed by atoms with Crippen LogP contribution in [-0.2, 0) is 0 Å². The van der Waals surface area contributed by atoms with Crippen LogP contribution in [0.2, 0.25) is 0 Å². The van der Waals surface area contributed by atoms with Gasteiger partial charge in [-0.2, -0.15) is 10.5 Å². The number of hydrogen-bond donors (Lipinski definition) is 0. The van der Waals surface area contributed by atoms with Crippen molar-refractivity contribution in [2.75, 3.05) is 0 Å². The summed E-state index contributed by atoms with van der Waals surface area (Å²) in [6.07, 6.45) is 0. The number of benzene rings is 13. The Labute approximate surface area is 501 Å². The Morgan fingerprint density at radius 3 is 0.989 bits per heavy atom. The van der Waals surface area contributed by atoms with Gasteiger partial charge < -0.3 is 27.1 Å². The Bertz CT molecular complexity index is 5940. The molecule has 0 saturated carbocycles. The van der Waals surface area contributed by atoms with Crippen molar-refractivity contribution in [2.45, 2.75) is 0 Å². The normalized spacial score (nSPS) is 12.1. The number of hydrogen-bond acceptors (Lipinski definition) is 4. The number of furan rings is 2. The molecule has 0 amide bonds. The van der Waals surface area contributed by atoms with Crippen LogP contribution in [0.3, 0.4) is 0 Å². The number of para-hydroxylation sites is 6. The highest BCUT2D eigenvalue weighted by Crippen LogP contribution is 2.47. The molecule has 0 saturated heterocycles. The van der Waals surface area contributed by atoms with E-state index in [-0.39, 0.29) is 0 Å². The molecule has 0 atom stereocenters. The number of aromatic nitrogens is 4. The zero-order valence-electron chi connectivity index (χ0n) is 46.9. The van der Waals surface area contributed by atoms with Crippen LogP contribution >= 0.6 is 0 Å². The van der Waals surface area contributed by atoms with E-state index in [4.69, 9.17) is 8.83 Å². The first kappa shape index (κ1) is 48.1. The van der Waals surface area contributed by atoms with Crippen LogP contribution in [0.5, 0.6) is 0 Å². The van der Waals surface area contributed by atoms with Gasteiger partial charge in [0, 0.05) is 65.2 Å². The highest BCUT2D eigenvalue weighted by atomic mass is 16.3. The fourth-order valence-corrected chi connectivity index (χ4v) is 14.6. The molecule has 0 radical (unpaired) electrons. The van der Waals surface area contributed by atoms with E-state index in [2.05, 4.69) is 249 Å². The lowest BCUT2D eigenvalue weighted by Crippen LogP contribution is -2.04. The summed E-state index contributed by atoms with van der Waals surface area (Å²) in [6, 6.07) is 98.8. The Balaban J connectivity index is 0.821. The fraction of sp³-hybridized carbons (Fsp3) is 0. The summed E-state index contributed by atoms with van der Waals surface area (Å²) in [4.78, 5) is 0. The van der Waals surface area contributed by atoms with E-state index in [9.17, 15) is 10.5 Å². The summed E-state index contributed by atoms with van der Waals surface area (Å²) in [5.74, 6) is 0. The number of rotatable bonds is 6. The lowest BCUT2D eigenvalue weighted by Gasteiger charge is -2.16.